The molecule has 1 unspecified atom stereocenters. The number of rotatable bonds is 6. The highest BCUT2D eigenvalue weighted by molar-refractivity contribution is 5.76. The van der Waals surface area contributed by atoms with Crippen molar-refractivity contribution in [3.63, 3.8) is 0 Å². The van der Waals surface area contributed by atoms with Crippen LogP contribution in [-0.2, 0) is 11.3 Å². The van der Waals surface area contributed by atoms with Crippen LogP contribution in [0, 0.1) is 6.92 Å². The van der Waals surface area contributed by atoms with E-state index in [1.807, 2.05) is 38.1 Å². The van der Waals surface area contributed by atoms with Crippen LogP contribution in [0.4, 0.5) is 0 Å². The van der Waals surface area contributed by atoms with Gasteiger partial charge in [-0.1, -0.05) is 6.92 Å². The van der Waals surface area contributed by atoms with E-state index >= 15 is 0 Å². The largest absolute Gasteiger partial charge is 0.497 e. The predicted molar refractivity (Wildman–Crippen MR) is 102 cm³/mol. The maximum Gasteiger partial charge on any atom is 0.293 e. The quantitative estimate of drug-likeness (QED) is 0.715. The number of methoxy groups -OCH3 is 1. The Hall–Kier alpha value is -3.16. The number of nitrogens with one attached hydrogen (secondary N) is 1. The van der Waals surface area contributed by atoms with Crippen LogP contribution in [0.2, 0.25) is 0 Å². The van der Waals surface area contributed by atoms with Crippen LogP contribution < -0.4 is 15.6 Å². The summed E-state index contributed by atoms with van der Waals surface area (Å²) in [5.74, 6) is 1.04. The molecule has 142 valence electrons. The predicted octanol–water partition coefficient (Wildman–Crippen LogP) is 1.79. The van der Waals surface area contributed by atoms with Crippen molar-refractivity contribution in [2.24, 2.45) is 0 Å². The number of ether oxygens (including phenoxy) is 1. The van der Waals surface area contributed by atoms with Crippen LogP contribution >= 0.6 is 0 Å². The molecule has 3 aromatic rings. The second-order valence-electron chi connectivity index (χ2n) is 6.44. The highest BCUT2D eigenvalue weighted by Crippen LogP contribution is 2.21. The van der Waals surface area contributed by atoms with E-state index in [-0.39, 0.29) is 24.1 Å². The van der Waals surface area contributed by atoms with E-state index in [4.69, 9.17) is 4.74 Å². The Morgan fingerprint density at radius 2 is 1.96 bits per heavy atom. The van der Waals surface area contributed by atoms with Gasteiger partial charge in [0.2, 0.25) is 5.91 Å². The van der Waals surface area contributed by atoms with Gasteiger partial charge in [-0.15, -0.1) is 0 Å². The Kier molecular flexibility index (Phi) is 5.25. The van der Waals surface area contributed by atoms with Crippen LogP contribution in [0.15, 0.2) is 35.1 Å². The molecule has 1 amide bonds. The van der Waals surface area contributed by atoms with Crippen molar-refractivity contribution in [3.05, 3.63) is 46.5 Å². The summed E-state index contributed by atoms with van der Waals surface area (Å²) in [4.78, 5) is 24.9. The number of carbonyl (C=O) groups is 1. The fourth-order valence-corrected chi connectivity index (χ4v) is 2.74. The van der Waals surface area contributed by atoms with E-state index in [1.54, 1.807) is 20.1 Å². The summed E-state index contributed by atoms with van der Waals surface area (Å²) in [5.41, 5.74) is 1.54. The number of nitrogens with zero attached hydrogens (tertiary/aromatic N) is 4. The number of aromatic nitrogens is 4. The molecule has 1 aromatic carbocycles. The molecule has 8 nitrogen and oxygen atoms in total. The van der Waals surface area contributed by atoms with Gasteiger partial charge in [-0.2, -0.15) is 10.2 Å². The molecule has 0 fully saturated rings. The lowest BCUT2D eigenvalue weighted by Gasteiger charge is -2.12. The summed E-state index contributed by atoms with van der Waals surface area (Å²) in [6.07, 6.45) is 0.819. The summed E-state index contributed by atoms with van der Waals surface area (Å²) in [6, 6.07) is 9.18. The summed E-state index contributed by atoms with van der Waals surface area (Å²) in [7, 11) is 1.61. The average Bonchev–Trinajstić information content (AvgIpc) is 3.12. The topological polar surface area (TPSA) is 90.5 Å². The molecule has 2 aromatic heterocycles. The monoisotopic (exact) mass is 369 g/mol. The van der Waals surface area contributed by atoms with E-state index in [1.165, 1.54) is 9.20 Å². The Balaban J connectivity index is 1.96. The van der Waals surface area contributed by atoms with Gasteiger partial charge >= 0.3 is 0 Å². The lowest BCUT2D eigenvalue weighted by Crippen LogP contribution is -2.38. The zero-order chi connectivity index (χ0) is 19.6. The molecule has 0 saturated heterocycles. The van der Waals surface area contributed by atoms with Gasteiger partial charge in [-0.3, -0.25) is 9.59 Å². The van der Waals surface area contributed by atoms with Crippen molar-refractivity contribution >= 4 is 11.4 Å². The maximum absolute atomic E-state index is 12.8. The van der Waals surface area contributed by atoms with E-state index < -0.39 is 0 Å². The van der Waals surface area contributed by atoms with E-state index in [2.05, 4.69) is 15.5 Å². The summed E-state index contributed by atoms with van der Waals surface area (Å²) < 4.78 is 7.85. The van der Waals surface area contributed by atoms with Crippen molar-refractivity contribution in [2.75, 3.05) is 7.11 Å². The number of benzene rings is 1. The first-order valence-corrected chi connectivity index (χ1v) is 8.84. The van der Waals surface area contributed by atoms with Gasteiger partial charge in [0.25, 0.3) is 5.56 Å². The number of aryl methyl sites for hydroxylation is 1. The molecule has 1 N–H and O–H groups in total. The molecule has 2 heterocycles. The molecule has 8 heteroatoms. The molecule has 27 heavy (non-hydrogen) atoms. The smallest absolute Gasteiger partial charge is 0.293 e. The van der Waals surface area contributed by atoms with Crippen molar-refractivity contribution in [2.45, 2.75) is 39.8 Å². The highest BCUT2D eigenvalue weighted by Gasteiger charge is 2.15. The Morgan fingerprint density at radius 1 is 1.26 bits per heavy atom. The maximum atomic E-state index is 12.8. The first-order valence-electron chi connectivity index (χ1n) is 8.84. The van der Waals surface area contributed by atoms with Crippen molar-refractivity contribution in [1.82, 2.24) is 24.7 Å². The van der Waals surface area contributed by atoms with Crippen LogP contribution in [0.25, 0.3) is 16.8 Å². The number of fused-ring (bicyclic) bond motifs is 1. The first-order chi connectivity index (χ1) is 12.9. The van der Waals surface area contributed by atoms with Crippen molar-refractivity contribution < 1.29 is 9.53 Å². The fourth-order valence-electron chi connectivity index (χ4n) is 2.74. The zero-order valence-electron chi connectivity index (χ0n) is 15.9. The molecule has 0 bridgehead atoms. The van der Waals surface area contributed by atoms with Crippen LogP contribution in [0.5, 0.6) is 5.75 Å². The molecular weight excluding hydrogens is 346 g/mol. The van der Waals surface area contributed by atoms with Gasteiger partial charge in [0.15, 0.2) is 0 Å². The third-order valence-corrected chi connectivity index (χ3v) is 4.43. The van der Waals surface area contributed by atoms with Gasteiger partial charge in [0.1, 0.15) is 23.6 Å². The molecule has 3 rings (SSSR count). The molecule has 0 aliphatic heterocycles. The Labute approximate surface area is 156 Å². The van der Waals surface area contributed by atoms with E-state index in [9.17, 15) is 9.59 Å². The zero-order valence-corrected chi connectivity index (χ0v) is 15.9. The van der Waals surface area contributed by atoms with Crippen molar-refractivity contribution in [3.8, 4) is 17.0 Å². The standard InChI is InChI=1S/C19H23N5O3/c1-5-12(2)20-18(25)11-23-19(26)17-10-16(22-24(17)13(3)21-23)14-6-8-15(27-4)9-7-14/h6-10,12H,5,11H2,1-4H3,(H,20,25). The number of amides is 1. The second kappa shape index (κ2) is 7.61. The summed E-state index contributed by atoms with van der Waals surface area (Å²) >= 11 is 0. The SMILES string of the molecule is CCC(C)NC(=O)Cn1nc(C)n2nc(-c3ccc(OC)cc3)cc2c1=O. The molecule has 0 radical (unpaired) electrons. The van der Waals surface area contributed by atoms with Crippen LogP contribution in [-0.4, -0.2) is 38.5 Å². The lowest BCUT2D eigenvalue weighted by atomic mass is 10.1. The highest BCUT2D eigenvalue weighted by atomic mass is 16.5. The molecular formula is C19H23N5O3. The van der Waals surface area contributed by atoms with Gasteiger partial charge in [-0.25, -0.2) is 9.20 Å². The number of carbonyl (C=O) groups excluding carboxylic acids is 1. The normalized spacial score (nSPS) is 12.1. The van der Waals surface area contributed by atoms with Gasteiger partial charge in [0, 0.05) is 11.6 Å². The van der Waals surface area contributed by atoms with Crippen LogP contribution in [0.3, 0.4) is 0 Å². The Morgan fingerprint density at radius 3 is 2.59 bits per heavy atom. The second-order valence-corrected chi connectivity index (χ2v) is 6.44. The molecule has 0 aliphatic rings. The first kappa shape index (κ1) is 18.6. The summed E-state index contributed by atoms with van der Waals surface area (Å²) in [6.45, 7) is 5.53. The minimum absolute atomic E-state index is 0.0506. The van der Waals surface area contributed by atoms with Crippen molar-refractivity contribution in [1.29, 1.82) is 0 Å². The molecule has 1 atom stereocenters. The number of hydrogen-bond donors (Lipinski definition) is 1. The minimum atomic E-state index is -0.354. The van der Waals surface area contributed by atoms with Gasteiger partial charge < -0.3 is 10.1 Å². The fraction of sp³-hybridized carbons (Fsp3) is 0.368. The minimum Gasteiger partial charge on any atom is -0.497 e. The van der Waals surface area contributed by atoms with E-state index in [0.29, 0.717) is 17.0 Å². The van der Waals surface area contributed by atoms with Gasteiger partial charge in [0.05, 0.1) is 12.8 Å². The average molecular weight is 369 g/mol. The summed E-state index contributed by atoms with van der Waals surface area (Å²) in [5, 5.41) is 11.6. The third kappa shape index (κ3) is 3.84. The Bertz CT molecular complexity index is 1020. The lowest BCUT2D eigenvalue weighted by molar-refractivity contribution is -0.122. The molecule has 0 aliphatic carbocycles. The van der Waals surface area contributed by atoms with E-state index in [0.717, 1.165) is 17.7 Å². The molecule has 0 saturated carbocycles. The number of hydrogen-bond acceptors (Lipinski definition) is 5. The molecule has 0 spiro atoms. The van der Waals surface area contributed by atoms with Gasteiger partial charge in [-0.05, 0) is 50.6 Å². The van der Waals surface area contributed by atoms with Crippen LogP contribution in [0.1, 0.15) is 26.1 Å². The third-order valence-electron chi connectivity index (χ3n) is 4.43.